The van der Waals surface area contributed by atoms with E-state index in [0.29, 0.717) is 26.2 Å². The van der Waals surface area contributed by atoms with Gasteiger partial charge >= 0.3 is 5.97 Å². The van der Waals surface area contributed by atoms with E-state index in [2.05, 4.69) is 15.4 Å². The summed E-state index contributed by atoms with van der Waals surface area (Å²) in [5, 5.41) is 5.54. The Kier molecular flexibility index (Phi) is 6.64. The van der Waals surface area contributed by atoms with Gasteiger partial charge in [0.1, 0.15) is 0 Å². The summed E-state index contributed by atoms with van der Waals surface area (Å²) < 4.78 is 5.18. The number of amides is 2. The molecule has 3 aromatic rings. The Bertz CT molecular complexity index is 1060. The van der Waals surface area contributed by atoms with Gasteiger partial charge in [-0.3, -0.25) is 14.4 Å². The lowest BCUT2D eigenvalue weighted by Crippen LogP contribution is -2.14. The molecule has 0 unspecified atom stereocenters. The molecule has 2 N–H and O–H groups in total. The number of rotatable bonds is 6. The van der Waals surface area contributed by atoms with Crippen LogP contribution in [0.2, 0.25) is 4.34 Å². The summed E-state index contributed by atoms with van der Waals surface area (Å²) >= 11 is 7.03. The van der Waals surface area contributed by atoms with Gasteiger partial charge in [-0.15, -0.1) is 11.3 Å². The number of ether oxygens (including phenoxy) is 1. The second kappa shape index (κ2) is 9.36. The summed E-state index contributed by atoms with van der Waals surface area (Å²) in [6, 6.07) is 16.9. The van der Waals surface area contributed by atoms with Crippen molar-refractivity contribution in [3.05, 3.63) is 81.0 Å². The lowest BCUT2D eigenvalue weighted by Gasteiger charge is -2.09. The number of carbonyl (C=O) groups is 3. The van der Waals surface area contributed by atoms with E-state index in [4.69, 9.17) is 11.6 Å². The molecular formula is C21H17ClN2O4S. The molecule has 29 heavy (non-hydrogen) atoms. The standard InChI is InChI=1S/C21H17ClN2O4S/c1-28-19(25)11-13-4-2-6-15(10-13)23-20(26)14-5-3-7-16(12-14)24-21(27)17-8-9-18(22)29-17/h2-10,12H,11H2,1H3,(H,23,26)(H,24,27). The van der Waals surface area contributed by atoms with Gasteiger partial charge in [-0.2, -0.15) is 0 Å². The van der Waals surface area contributed by atoms with Crippen molar-refractivity contribution in [3.8, 4) is 0 Å². The Morgan fingerprint density at radius 1 is 0.931 bits per heavy atom. The molecule has 0 saturated carbocycles. The van der Waals surface area contributed by atoms with Gasteiger partial charge in [0.15, 0.2) is 0 Å². The number of halogens is 1. The summed E-state index contributed by atoms with van der Waals surface area (Å²) in [6.07, 6.45) is 0.120. The minimum Gasteiger partial charge on any atom is -0.469 e. The van der Waals surface area contributed by atoms with Gasteiger partial charge in [-0.05, 0) is 48.0 Å². The second-order valence-corrected chi connectivity index (χ2v) is 7.76. The molecule has 1 heterocycles. The van der Waals surface area contributed by atoms with E-state index >= 15 is 0 Å². The van der Waals surface area contributed by atoms with Crippen LogP contribution in [0, 0.1) is 0 Å². The molecule has 6 nitrogen and oxygen atoms in total. The molecule has 0 radical (unpaired) electrons. The van der Waals surface area contributed by atoms with Crippen LogP contribution in [0.3, 0.4) is 0 Å². The molecule has 1 aromatic heterocycles. The molecule has 148 valence electrons. The summed E-state index contributed by atoms with van der Waals surface area (Å²) in [4.78, 5) is 36.7. The maximum atomic E-state index is 12.6. The average molecular weight is 429 g/mol. The van der Waals surface area contributed by atoms with Crippen LogP contribution in [0.1, 0.15) is 25.6 Å². The number of thiophene rings is 1. The molecule has 0 saturated heterocycles. The quantitative estimate of drug-likeness (QED) is 0.561. The highest BCUT2D eigenvalue weighted by Gasteiger charge is 2.12. The summed E-state index contributed by atoms with van der Waals surface area (Å²) in [7, 11) is 1.33. The zero-order chi connectivity index (χ0) is 20.8. The average Bonchev–Trinajstić information content (AvgIpc) is 3.15. The number of carbonyl (C=O) groups excluding carboxylic acids is 3. The van der Waals surface area contributed by atoms with Gasteiger partial charge in [0.2, 0.25) is 0 Å². The summed E-state index contributed by atoms with van der Waals surface area (Å²) in [6.45, 7) is 0. The van der Waals surface area contributed by atoms with E-state index in [0.717, 1.165) is 5.56 Å². The van der Waals surface area contributed by atoms with Crippen molar-refractivity contribution in [1.82, 2.24) is 0 Å². The van der Waals surface area contributed by atoms with E-state index in [1.165, 1.54) is 18.4 Å². The number of benzene rings is 2. The zero-order valence-corrected chi connectivity index (χ0v) is 17.0. The number of methoxy groups -OCH3 is 1. The highest BCUT2D eigenvalue weighted by atomic mass is 35.5. The minimum atomic E-state index is -0.357. The van der Waals surface area contributed by atoms with Gasteiger partial charge < -0.3 is 15.4 Å². The minimum absolute atomic E-state index is 0.120. The molecule has 0 aliphatic rings. The topological polar surface area (TPSA) is 84.5 Å². The highest BCUT2D eigenvalue weighted by molar-refractivity contribution is 7.18. The van der Waals surface area contributed by atoms with Crippen LogP contribution < -0.4 is 10.6 Å². The number of hydrogen-bond donors (Lipinski definition) is 2. The van der Waals surface area contributed by atoms with Crippen molar-refractivity contribution >= 4 is 52.1 Å². The molecule has 2 aromatic carbocycles. The molecule has 0 aliphatic carbocycles. The largest absolute Gasteiger partial charge is 0.469 e. The number of hydrogen-bond acceptors (Lipinski definition) is 5. The van der Waals surface area contributed by atoms with Crippen LogP contribution in [0.25, 0.3) is 0 Å². The Hall–Kier alpha value is -3.16. The van der Waals surface area contributed by atoms with Crippen LogP contribution in [0.4, 0.5) is 11.4 Å². The Labute approximate surface area is 176 Å². The predicted molar refractivity (Wildman–Crippen MR) is 114 cm³/mol. The highest BCUT2D eigenvalue weighted by Crippen LogP contribution is 2.23. The van der Waals surface area contributed by atoms with Crippen molar-refractivity contribution in [2.45, 2.75) is 6.42 Å². The van der Waals surface area contributed by atoms with Crippen molar-refractivity contribution in [3.63, 3.8) is 0 Å². The molecule has 8 heteroatoms. The van der Waals surface area contributed by atoms with Crippen LogP contribution in [-0.2, 0) is 16.0 Å². The molecule has 0 fully saturated rings. The van der Waals surface area contributed by atoms with Gasteiger partial charge in [-0.1, -0.05) is 29.8 Å². The smallest absolute Gasteiger partial charge is 0.309 e. The lowest BCUT2D eigenvalue weighted by atomic mass is 10.1. The molecule has 0 spiro atoms. The van der Waals surface area contributed by atoms with Crippen LogP contribution in [0.15, 0.2) is 60.7 Å². The van der Waals surface area contributed by atoms with Crippen LogP contribution in [-0.4, -0.2) is 24.9 Å². The van der Waals surface area contributed by atoms with E-state index in [-0.39, 0.29) is 24.2 Å². The lowest BCUT2D eigenvalue weighted by molar-refractivity contribution is -0.139. The number of nitrogens with one attached hydrogen (secondary N) is 2. The molecule has 0 bridgehead atoms. The van der Waals surface area contributed by atoms with Crippen molar-refractivity contribution < 1.29 is 19.1 Å². The van der Waals surface area contributed by atoms with Gasteiger partial charge in [0.05, 0.1) is 22.7 Å². The molecular weight excluding hydrogens is 412 g/mol. The van der Waals surface area contributed by atoms with E-state index < -0.39 is 0 Å². The number of anilines is 2. The number of esters is 1. The van der Waals surface area contributed by atoms with Crippen molar-refractivity contribution in [2.24, 2.45) is 0 Å². The van der Waals surface area contributed by atoms with Gasteiger partial charge in [0.25, 0.3) is 11.8 Å². The molecule has 3 rings (SSSR count). The first kappa shape index (κ1) is 20.6. The normalized spacial score (nSPS) is 10.3. The fourth-order valence-corrected chi connectivity index (χ4v) is 3.51. The third-order valence-electron chi connectivity index (χ3n) is 3.94. The van der Waals surface area contributed by atoms with E-state index in [1.54, 1.807) is 60.7 Å². The Balaban J connectivity index is 1.69. The second-order valence-electron chi connectivity index (χ2n) is 6.05. The third kappa shape index (κ3) is 5.66. The Morgan fingerprint density at radius 3 is 2.31 bits per heavy atom. The maximum absolute atomic E-state index is 12.6. The van der Waals surface area contributed by atoms with Crippen molar-refractivity contribution in [2.75, 3.05) is 17.7 Å². The predicted octanol–water partition coefficient (Wildman–Crippen LogP) is 4.62. The Morgan fingerprint density at radius 2 is 1.62 bits per heavy atom. The molecule has 0 atom stereocenters. The summed E-state index contributed by atoms with van der Waals surface area (Å²) in [5.41, 5.74) is 2.15. The first-order valence-corrected chi connectivity index (χ1v) is 9.78. The SMILES string of the molecule is COC(=O)Cc1cccc(NC(=O)c2cccc(NC(=O)c3ccc(Cl)s3)c2)c1. The first-order valence-electron chi connectivity index (χ1n) is 8.58. The molecule has 2 amide bonds. The monoisotopic (exact) mass is 428 g/mol. The fourth-order valence-electron chi connectivity index (χ4n) is 2.57. The fraction of sp³-hybridized carbons (Fsp3) is 0.0952. The van der Waals surface area contributed by atoms with Gasteiger partial charge in [-0.25, -0.2) is 0 Å². The van der Waals surface area contributed by atoms with Crippen molar-refractivity contribution in [1.29, 1.82) is 0 Å². The molecule has 0 aliphatic heterocycles. The summed E-state index contributed by atoms with van der Waals surface area (Å²) in [5.74, 6) is -0.991. The third-order valence-corrected chi connectivity index (χ3v) is 5.17. The maximum Gasteiger partial charge on any atom is 0.309 e. The van der Waals surface area contributed by atoms with E-state index in [9.17, 15) is 14.4 Å². The van der Waals surface area contributed by atoms with E-state index in [1.807, 2.05) is 0 Å². The first-order chi connectivity index (χ1) is 13.9. The van der Waals surface area contributed by atoms with Gasteiger partial charge in [0, 0.05) is 16.9 Å². The zero-order valence-electron chi connectivity index (χ0n) is 15.4. The van der Waals surface area contributed by atoms with Crippen LogP contribution >= 0.6 is 22.9 Å². The van der Waals surface area contributed by atoms with Crippen LogP contribution in [0.5, 0.6) is 0 Å².